The molecule has 0 unspecified atom stereocenters. The Morgan fingerprint density at radius 2 is 1.83 bits per heavy atom. The summed E-state index contributed by atoms with van der Waals surface area (Å²) in [6, 6.07) is 4.05. The maximum atomic E-state index is 12.6. The van der Waals surface area contributed by atoms with Crippen molar-refractivity contribution >= 4 is 23.2 Å². The quantitative estimate of drug-likeness (QED) is 0.636. The molecule has 9 heteroatoms. The molecule has 0 spiro atoms. The summed E-state index contributed by atoms with van der Waals surface area (Å²) in [5.41, 5.74) is 1.88. The van der Waals surface area contributed by atoms with Gasteiger partial charge in [0.05, 0.1) is 5.56 Å². The number of piperidine rings is 1. The van der Waals surface area contributed by atoms with Crippen molar-refractivity contribution in [1.29, 1.82) is 0 Å². The number of likely N-dealkylation sites (tertiary alicyclic amines) is 1. The van der Waals surface area contributed by atoms with Crippen LogP contribution < -0.4 is 10.7 Å². The number of halogens is 3. The van der Waals surface area contributed by atoms with Gasteiger partial charge in [0.1, 0.15) is 0 Å². The Labute approximate surface area is 136 Å². The van der Waals surface area contributed by atoms with Gasteiger partial charge in [-0.05, 0) is 25.2 Å². The van der Waals surface area contributed by atoms with Crippen molar-refractivity contribution in [2.75, 3.05) is 25.5 Å². The van der Waals surface area contributed by atoms with E-state index in [2.05, 4.69) is 20.7 Å². The van der Waals surface area contributed by atoms with Gasteiger partial charge in [0.25, 0.3) is 0 Å². The molecule has 0 bridgehead atoms. The van der Waals surface area contributed by atoms with Crippen molar-refractivity contribution in [3.63, 3.8) is 0 Å². The third-order valence-corrected chi connectivity index (χ3v) is 3.53. The van der Waals surface area contributed by atoms with E-state index in [1.54, 1.807) is 0 Å². The van der Waals surface area contributed by atoms with Crippen LogP contribution in [0.2, 0.25) is 0 Å². The number of hydrogen-bond acceptors (Lipinski definition) is 4. The van der Waals surface area contributed by atoms with Crippen LogP contribution in [-0.4, -0.2) is 42.6 Å². The fourth-order valence-corrected chi connectivity index (χ4v) is 2.13. The summed E-state index contributed by atoms with van der Waals surface area (Å²) in [6.07, 6.45) is -3.15. The molecule has 0 aromatic heterocycles. The van der Waals surface area contributed by atoms with Gasteiger partial charge in [-0.2, -0.15) is 18.3 Å². The van der Waals surface area contributed by atoms with Crippen LogP contribution in [0, 0.1) is 0 Å². The van der Waals surface area contributed by atoms with Crippen LogP contribution in [0.15, 0.2) is 29.4 Å². The van der Waals surface area contributed by atoms with E-state index in [1.165, 1.54) is 6.07 Å². The predicted molar refractivity (Wildman–Crippen MR) is 82.4 cm³/mol. The first-order valence-electron chi connectivity index (χ1n) is 7.28. The van der Waals surface area contributed by atoms with Gasteiger partial charge in [-0.1, -0.05) is 6.07 Å². The molecule has 2 N–H and O–H groups in total. The summed E-state index contributed by atoms with van der Waals surface area (Å²) in [6.45, 7) is 1.62. The number of hydrogen-bond donors (Lipinski definition) is 2. The van der Waals surface area contributed by atoms with E-state index in [4.69, 9.17) is 0 Å². The normalized spacial score (nSPS) is 15.8. The molecule has 1 fully saturated rings. The molecule has 0 atom stereocenters. The minimum absolute atomic E-state index is 0.114. The minimum atomic E-state index is -4.52. The Hall–Kier alpha value is -2.42. The highest BCUT2D eigenvalue weighted by Gasteiger charge is 2.30. The van der Waals surface area contributed by atoms with Crippen molar-refractivity contribution < 1.29 is 22.8 Å². The topological polar surface area (TPSA) is 73.8 Å². The third kappa shape index (κ3) is 5.05. The van der Waals surface area contributed by atoms with E-state index in [9.17, 15) is 22.8 Å². The van der Waals surface area contributed by atoms with Gasteiger partial charge in [-0.25, -0.2) is 5.43 Å². The summed E-state index contributed by atoms with van der Waals surface area (Å²) in [7, 11) is 1.97. The van der Waals surface area contributed by atoms with E-state index in [-0.39, 0.29) is 5.69 Å². The van der Waals surface area contributed by atoms with Crippen molar-refractivity contribution in [2.45, 2.75) is 19.0 Å². The molecular weight excluding hydrogens is 325 g/mol. The van der Waals surface area contributed by atoms with Crippen LogP contribution in [0.1, 0.15) is 18.4 Å². The predicted octanol–water partition coefficient (Wildman–Crippen LogP) is 1.84. The first kappa shape index (κ1) is 17.9. The second kappa shape index (κ2) is 7.43. The fraction of sp³-hybridized carbons (Fsp3) is 0.400. The molecule has 0 saturated carbocycles. The third-order valence-electron chi connectivity index (χ3n) is 3.53. The average molecular weight is 342 g/mol. The van der Waals surface area contributed by atoms with Crippen molar-refractivity contribution in [3.8, 4) is 0 Å². The lowest BCUT2D eigenvalue weighted by Gasteiger charge is -2.22. The van der Waals surface area contributed by atoms with Crippen LogP contribution >= 0.6 is 0 Å². The Balaban J connectivity index is 1.92. The molecule has 1 heterocycles. The lowest BCUT2D eigenvalue weighted by molar-refractivity contribution is -0.137. The second-order valence-corrected chi connectivity index (χ2v) is 5.45. The Kier molecular flexibility index (Phi) is 5.55. The second-order valence-electron chi connectivity index (χ2n) is 5.45. The SMILES string of the molecule is CN1CCC(=NNC(=O)C(=O)Nc2cccc(C(F)(F)F)c2)CC1. The van der Waals surface area contributed by atoms with Crippen molar-refractivity contribution in [2.24, 2.45) is 5.10 Å². The number of benzene rings is 1. The van der Waals surface area contributed by atoms with E-state index in [0.29, 0.717) is 12.8 Å². The van der Waals surface area contributed by atoms with Gasteiger partial charge in [0, 0.05) is 37.3 Å². The summed E-state index contributed by atoms with van der Waals surface area (Å²) in [4.78, 5) is 25.5. The molecule has 1 aromatic rings. The van der Waals surface area contributed by atoms with Gasteiger partial charge in [-0.3, -0.25) is 9.59 Å². The van der Waals surface area contributed by atoms with E-state index in [0.717, 1.165) is 37.0 Å². The zero-order valence-corrected chi connectivity index (χ0v) is 13.0. The lowest BCUT2D eigenvalue weighted by atomic mass is 10.1. The fourth-order valence-electron chi connectivity index (χ4n) is 2.13. The molecule has 24 heavy (non-hydrogen) atoms. The average Bonchev–Trinajstić information content (AvgIpc) is 2.53. The molecular formula is C15H17F3N4O2. The first-order chi connectivity index (χ1) is 11.3. The summed E-state index contributed by atoms with van der Waals surface area (Å²) >= 11 is 0. The summed E-state index contributed by atoms with van der Waals surface area (Å²) in [5.74, 6) is -2.11. The summed E-state index contributed by atoms with van der Waals surface area (Å²) in [5, 5.41) is 6.01. The van der Waals surface area contributed by atoms with E-state index in [1.807, 2.05) is 7.05 Å². The molecule has 1 saturated heterocycles. The molecule has 2 rings (SSSR count). The van der Waals surface area contributed by atoms with Gasteiger partial charge in [-0.15, -0.1) is 0 Å². The zero-order chi connectivity index (χ0) is 17.7. The molecule has 0 radical (unpaired) electrons. The molecule has 1 aromatic carbocycles. The Bertz CT molecular complexity index is 648. The van der Waals surface area contributed by atoms with Gasteiger partial charge in [0.2, 0.25) is 0 Å². The first-order valence-corrected chi connectivity index (χ1v) is 7.28. The minimum Gasteiger partial charge on any atom is -0.318 e. The number of nitrogens with one attached hydrogen (secondary N) is 2. The number of carbonyl (C=O) groups excluding carboxylic acids is 2. The number of nitrogens with zero attached hydrogens (tertiary/aromatic N) is 2. The summed E-state index contributed by atoms with van der Waals surface area (Å²) < 4.78 is 37.8. The van der Waals surface area contributed by atoms with Crippen LogP contribution in [-0.2, 0) is 15.8 Å². The van der Waals surface area contributed by atoms with Crippen LogP contribution in [0.4, 0.5) is 18.9 Å². The number of hydrazone groups is 1. The molecule has 0 aliphatic carbocycles. The van der Waals surface area contributed by atoms with Crippen LogP contribution in [0.3, 0.4) is 0 Å². The highest BCUT2D eigenvalue weighted by Crippen LogP contribution is 2.30. The Morgan fingerprint density at radius 3 is 2.46 bits per heavy atom. The molecule has 130 valence electrons. The maximum Gasteiger partial charge on any atom is 0.416 e. The number of anilines is 1. The number of amides is 2. The standard InChI is InChI=1S/C15H17F3N4O2/c1-22-7-5-11(6-8-22)20-21-14(24)13(23)19-12-4-2-3-10(9-12)15(16,17)18/h2-4,9H,5-8H2,1H3,(H,19,23)(H,21,24). The molecule has 1 aliphatic heterocycles. The van der Waals surface area contributed by atoms with Gasteiger partial charge in [0.15, 0.2) is 0 Å². The van der Waals surface area contributed by atoms with Gasteiger partial charge >= 0.3 is 18.0 Å². The van der Waals surface area contributed by atoms with Crippen molar-refractivity contribution in [3.05, 3.63) is 29.8 Å². The number of alkyl halides is 3. The zero-order valence-electron chi connectivity index (χ0n) is 13.0. The van der Waals surface area contributed by atoms with Gasteiger partial charge < -0.3 is 10.2 Å². The maximum absolute atomic E-state index is 12.6. The smallest absolute Gasteiger partial charge is 0.318 e. The van der Waals surface area contributed by atoms with E-state index < -0.39 is 23.6 Å². The highest BCUT2D eigenvalue weighted by atomic mass is 19.4. The number of carbonyl (C=O) groups is 2. The van der Waals surface area contributed by atoms with Crippen molar-refractivity contribution in [1.82, 2.24) is 10.3 Å². The van der Waals surface area contributed by atoms with Crippen LogP contribution in [0.5, 0.6) is 0 Å². The molecule has 6 nitrogen and oxygen atoms in total. The van der Waals surface area contributed by atoms with E-state index >= 15 is 0 Å². The Morgan fingerprint density at radius 1 is 1.17 bits per heavy atom. The highest BCUT2D eigenvalue weighted by molar-refractivity contribution is 6.39. The molecule has 1 aliphatic rings. The molecule has 2 amide bonds. The number of rotatable bonds is 2. The van der Waals surface area contributed by atoms with Crippen LogP contribution in [0.25, 0.3) is 0 Å². The lowest BCUT2D eigenvalue weighted by Crippen LogP contribution is -2.35. The monoisotopic (exact) mass is 342 g/mol. The largest absolute Gasteiger partial charge is 0.416 e.